The molecule has 0 spiro atoms. The van der Waals surface area contributed by atoms with E-state index in [1.165, 1.54) is 11.1 Å². The van der Waals surface area contributed by atoms with Gasteiger partial charge in [-0.3, -0.25) is 0 Å². The Morgan fingerprint density at radius 1 is 0.941 bits per heavy atom. The van der Waals surface area contributed by atoms with Gasteiger partial charge < -0.3 is 30.2 Å². The predicted octanol–water partition coefficient (Wildman–Crippen LogP) is 5.54. The zero-order valence-corrected chi connectivity index (χ0v) is 19.7. The maximum absolute atomic E-state index is 6.35. The van der Waals surface area contributed by atoms with E-state index in [9.17, 15) is 0 Å². The average molecular weight is 458 g/mol. The highest BCUT2D eigenvalue weighted by Gasteiger charge is 2.31. The number of rotatable bonds is 4. The van der Waals surface area contributed by atoms with E-state index in [4.69, 9.17) is 14.2 Å². The van der Waals surface area contributed by atoms with Gasteiger partial charge in [0.2, 0.25) is 0 Å². The Hall–Kier alpha value is -3.54. The zero-order chi connectivity index (χ0) is 23.1. The van der Waals surface area contributed by atoms with Gasteiger partial charge in [0.25, 0.3) is 0 Å². The van der Waals surface area contributed by atoms with Gasteiger partial charge in [-0.25, -0.2) is 0 Å². The van der Waals surface area contributed by atoms with Crippen molar-refractivity contribution in [2.75, 3.05) is 42.3 Å². The topological polar surface area (TPSA) is 63.8 Å². The van der Waals surface area contributed by atoms with Crippen LogP contribution < -0.4 is 30.2 Å². The fourth-order valence-corrected chi connectivity index (χ4v) is 5.04. The van der Waals surface area contributed by atoms with Crippen molar-refractivity contribution >= 4 is 17.1 Å². The number of ether oxygens (including phenoxy) is 3. The van der Waals surface area contributed by atoms with Crippen LogP contribution in [0.25, 0.3) is 0 Å². The SMILES string of the molecule is Cc1cc(C2COc3cc(CCC4(C)CNc5ccccc5O4)ccc3N2)cc2c1OCCN2. The lowest BCUT2D eigenvalue weighted by Crippen LogP contribution is -2.43. The van der Waals surface area contributed by atoms with E-state index in [1.54, 1.807) is 0 Å². The quantitative estimate of drug-likeness (QED) is 0.478. The summed E-state index contributed by atoms with van der Waals surface area (Å²) in [6.45, 7) is 7.22. The second kappa shape index (κ2) is 8.35. The molecule has 2 atom stereocenters. The molecule has 0 saturated carbocycles. The number of benzene rings is 3. The van der Waals surface area contributed by atoms with Gasteiger partial charge in [0.15, 0.2) is 0 Å². The molecular weight excluding hydrogens is 426 g/mol. The summed E-state index contributed by atoms with van der Waals surface area (Å²) < 4.78 is 18.4. The van der Waals surface area contributed by atoms with Gasteiger partial charge in [-0.1, -0.05) is 24.3 Å². The first-order valence-electron chi connectivity index (χ1n) is 12.1. The Labute approximate surface area is 200 Å². The van der Waals surface area contributed by atoms with Gasteiger partial charge in [0, 0.05) is 6.54 Å². The predicted molar refractivity (Wildman–Crippen MR) is 136 cm³/mol. The van der Waals surface area contributed by atoms with Gasteiger partial charge in [0.05, 0.1) is 29.6 Å². The second-order valence-electron chi connectivity index (χ2n) is 9.73. The average Bonchev–Trinajstić information content (AvgIpc) is 2.87. The van der Waals surface area contributed by atoms with Gasteiger partial charge in [-0.2, -0.15) is 0 Å². The van der Waals surface area contributed by atoms with Crippen molar-refractivity contribution in [1.82, 2.24) is 0 Å². The lowest BCUT2D eigenvalue weighted by Gasteiger charge is -2.36. The van der Waals surface area contributed by atoms with Crippen LogP contribution in [0, 0.1) is 6.92 Å². The lowest BCUT2D eigenvalue weighted by molar-refractivity contribution is 0.0860. The van der Waals surface area contributed by atoms with Crippen molar-refractivity contribution in [3.63, 3.8) is 0 Å². The fourth-order valence-electron chi connectivity index (χ4n) is 5.04. The summed E-state index contributed by atoms with van der Waals surface area (Å²) in [5.74, 6) is 2.81. The minimum atomic E-state index is -0.240. The molecule has 3 N–H and O–H groups in total. The normalized spacial score (nSPS) is 22.2. The molecule has 0 aromatic heterocycles. The monoisotopic (exact) mass is 457 g/mol. The van der Waals surface area contributed by atoms with Crippen LogP contribution in [0.2, 0.25) is 0 Å². The molecule has 3 aromatic rings. The molecule has 2 unspecified atom stereocenters. The van der Waals surface area contributed by atoms with E-state index >= 15 is 0 Å². The number of anilines is 3. The van der Waals surface area contributed by atoms with E-state index in [1.807, 2.05) is 18.2 Å². The van der Waals surface area contributed by atoms with Crippen molar-refractivity contribution in [2.24, 2.45) is 0 Å². The number of para-hydroxylation sites is 2. The van der Waals surface area contributed by atoms with E-state index < -0.39 is 0 Å². The highest BCUT2D eigenvalue weighted by molar-refractivity contribution is 5.65. The van der Waals surface area contributed by atoms with E-state index in [0.717, 1.165) is 65.8 Å². The zero-order valence-electron chi connectivity index (χ0n) is 19.7. The number of fused-ring (bicyclic) bond motifs is 3. The van der Waals surface area contributed by atoms with Crippen LogP contribution in [0.15, 0.2) is 54.6 Å². The summed E-state index contributed by atoms with van der Waals surface area (Å²) in [5, 5.41) is 10.6. The third kappa shape index (κ3) is 3.98. The third-order valence-corrected chi connectivity index (χ3v) is 6.98. The van der Waals surface area contributed by atoms with Crippen molar-refractivity contribution in [2.45, 2.75) is 38.3 Å². The smallest absolute Gasteiger partial charge is 0.145 e. The van der Waals surface area contributed by atoms with Crippen LogP contribution in [0.5, 0.6) is 17.2 Å². The van der Waals surface area contributed by atoms with Crippen LogP contribution in [0.1, 0.15) is 36.1 Å². The van der Waals surface area contributed by atoms with E-state index in [2.05, 4.69) is 66.2 Å². The third-order valence-electron chi connectivity index (χ3n) is 6.98. The molecule has 0 aliphatic carbocycles. The highest BCUT2D eigenvalue weighted by Crippen LogP contribution is 2.39. The molecule has 34 heavy (non-hydrogen) atoms. The summed E-state index contributed by atoms with van der Waals surface area (Å²) in [4.78, 5) is 0. The number of aryl methyl sites for hydroxylation is 2. The summed E-state index contributed by atoms with van der Waals surface area (Å²) in [6.07, 6.45) is 1.85. The molecule has 3 aliphatic rings. The first-order chi connectivity index (χ1) is 16.6. The first kappa shape index (κ1) is 21.0. The van der Waals surface area contributed by atoms with Crippen molar-refractivity contribution in [3.8, 4) is 17.2 Å². The van der Waals surface area contributed by atoms with Crippen molar-refractivity contribution in [3.05, 3.63) is 71.3 Å². The Morgan fingerprint density at radius 2 is 1.85 bits per heavy atom. The lowest BCUT2D eigenvalue weighted by atomic mass is 9.94. The largest absolute Gasteiger partial charge is 0.489 e. The Bertz CT molecular complexity index is 1230. The Morgan fingerprint density at radius 3 is 2.79 bits per heavy atom. The van der Waals surface area contributed by atoms with Crippen LogP contribution in [-0.2, 0) is 6.42 Å². The molecule has 3 aliphatic heterocycles. The Balaban J connectivity index is 1.13. The number of hydrogen-bond acceptors (Lipinski definition) is 6. The van der Waals surface area contributed by atoms with E-state index in [-0.39, 0.29) is 11.6 Å². The molecule has 3 heterocycles. The molecule has 176 valence electrons. The van der Waals surface area contributed by atoms with Crippen LogP contribution in [0.3, 0.4) is 0 Å². The minimum absolute atomic E-state index is 0.103. The summed E-state index contributed by atoms with van der Waals surface area (Å²) in [6, 6.07) is 19.1. The minimum Gasteiger partial charge on any atom is -0.489 e. The highest BCUT2D eigenvalue weighted by atomic mass is 16.5. The fraction of sp³-hybridized carbons (Fsp3) is 0.357. The molecular formula is C28H31N3O3. The van der Waals surface area contributed by atoms with Crippen LogP contribution in [-0.4, -0.2) is 31.9 Å². The standard InChI is InChI=1S/C28H31N3O3/c1-18-13-20(15-23-27(18)32-12-11-29-23)24-16-33-26-14-19(7-8-22(26)31-24)9-10-28(2)17-30-21-5-3-4-6-25(21)34-28/h3-8,13-15,24,29-31H,9-12,16-17H2,1-2H3. The van der Waals surface area contributed by atoms with Crippen LogP contribution in [0.4, 0.5) is 17.1 Å². The molecule has 0 radical (unpaired) electrons. The van der Waals surface area contributed by atoms with Crippen molar-refractivity contribution < 1.29 is 14.2 Å². The number of hydrogen-bond donors (Lipinski definition) is 3. The molecule has 0 bridgehead atoms. The molecule has 6 rings (SSSR count). The molecule has 6 heteroatoms. The maximum Gasteiger partial charge on any atom is 0.145 e. The summed E-state index contributed by atoms with van der Waals surface area (Å²) in [5.41, 5.74) is 6.55. The van der Waals surface area contributed by atoms with Crippen LogP contribution >= 0.6 is 0 Å². The van der Waals surface area contributed by atoms with Gasteiger partial charge in [-0.05, 0) is 73.7 Å². The maximum atomic E-state index is 6.35. The first-order valence-corrected chi connectivity index (χ1v) is 12.1. The second-order valence-corrected chi connectivity index (χ2v) is 9.73. The Kier molecular flexibility index (Phi) is 5.16. The summed E-state index contributed by atoms with van der Waals surface area (Å²) in [7, 11) is 0. The van der Waals surface area contributed by atoms with Crippen molar-refractivity contribution in [1.29, 1.82) is 0 Å². The molecule has 3 aromatic carbocycles. The van der Waals surface area contributed by atoms with Gasteiger partial charge in [-0.15, -0.1) is 0 Å². The van der Waals surface area contributed by atoms with Gasteiger partial charge >= 0.3 is 0 Å². The van der Waals surface area contributed by atoms with Gasteiger partial charge in [0.1, 0.15) is 36.1 Å². The number of nitrogens with one attached hydrogen (secondary N) is 3. The van der Waals surface area contributed by atoms with E-state index in [0.29, 0.717) is 13.2 Å². The molecule has 0 saturated heterocycles. The molecule has 6 nitrogen and oxygen atoms in total. The molecule has 0 fully saturated rings. The summed E-state index contributed by atoms with van der Waals surface area (Å²) >= 11 is 0. The molecule has 0 amide bonds.